The quantitative estimate of drug-likeness (QED) is 0.473. The summed E-state index contributed by atoms with van der Waals surface area (Å²) in [6.45, 7) is 0. The summed E-state index contributed by atoms with van der Waals surface area (Å²) in [5.41, 5.74) is 2.42. The lowest BCUT2D eigenvalue weighted by molar-refractivity contribution is 0.111. The van der Waals surface area contributed by atoms with Crippen molar-refractivity contribution in [1.82, 2.24) is 4.98 Å². The predicted molar refractivity (Wildman–Crippen MR) is 75.9 cm³/mol. The third-order valence-corrected chi connectivity index (χ3v) is 2.72. The lowest BCUT2D eigenvalue weighted by atomic mass is 10.1. The van der Waals surface area contributed by atoms with Crippen molar-refractivity contribution in [2.75, 3.05) is 0 Å². The Labute approximate surface area is 113 Å². The van der Waals surface area contributed by atoms with Crippen LogP contribution < -0.4 is 0 Å². The summed E-state index contributed by atoms with van der Waals surface area (Å²) in [4.78, 5) is 14.7. The van der Waals surface area contributed by atoms with E-state index in [1.54, 1.807) is 12.1 Å². The molecule has 2 nitrogen and oxygen atoms in total. The molecule has 0 aliphatic carbocycles. The monoisotopic (exact) mass is 249 g/mol. The number of aryl methyl sites for hydroxylation is 1. The minimum Gasteiger partial charge on any atom is -0.296 e. The number of carbonyl (C=O) groups is 1. The average Bonchev–Trinajstić information content (AvgIpc) is 2.48. The third kappa shape index (κ3) is 4.40. The van der Waals surface area contributed by atoms with Crippen molar-refractivity contribution in [3.8, 4) is 11.8 Å². The SMILES string of the molecule is O=Cc1cccc(C#CCCCc2ccccc2)n1. The topological polar surface area (TPSA) is 30.0 Å². The van der Waals surface area contributed by atoms with Crippen molar-refractivity contribution >= 4 is 6.29 Å². The van der Waals surface area contributed by atoms with Crippen LogP contribution in [-0.4, -0.2) is 11.3 Å². The summed E-state index contributed by atoms with van der Waals surface area (Å²) < 4.78 is 0. The van der Waals surface area contributed by atoms with Gasteiger partial charge in [-0.3, -0.25) is 4.79 Å². The molecule has 0 fully saturated rings. The Hall–Kier alpha value is -2.40. The van der Waals surface area contributed by atoms with Gasteiger partial charge < -0.3 is 0 Å². The van der Waals surface area contributed by atoms with Crippen molar-refractivity contribution < 1.29 is 4.79 Å². The summed E-state index contributed by atoms with van der Waals surface area (Å²) in [5, 5.41) is 0. The van der Waals surface area contributed by atoms with Gasteiger partial charge in [0.15, 0.2) is 6.29 Å². The molecule has 1 aromatic carbocycles. The first-order valence-electron chi connectivity index (χ1n) is 6.33. The van der Waals surface area contributed by atoms with E-state index in [0.717, 1.165) is 25.5 Å². The number of carbonyl (C=O) groups excluding carboxylic acids is 1. The summed E-state index contributed by atoms with van der Waals surface area (Å²) in [6.07, 6.45) is 3.64. The molecule has 0 saturated heterocycles. The van der Waals surface area contributed by atoms with Crippen molar-refractivity contribution in [3.63, 3.8) is 0 Å². The Morgan fingerprint density at radius 3 is 2.68 bits per heavy atom. The Morgan fingerprint density at radius 1 is 1.05 bits per heavy atom. The number of hydrogen-bond acceptors (Lipinski definition) is 2. The standard InChI is InChI=1S/C17H15NO/c19-14-17-13-7-12-16(18-17)11-6-2-5-10-15-8-3-1-4-9-15/h1,3-4,7-9,12-14H,2,5,10H2. The first-order chi connectivity index (χ1) is 9.38. The number of benzene rings is 1. The molecule has 0 amide bonds. The van der Waals surface area contributed by atoms with E-state index in [4.69, 9.17) is 0 Å². The molecule has 0 N–H and O–H groups in total. The minimum absolute atomic E-state index is 0.427. The van der Waals surface area contributed by atoms with Crippen LogP contribution in [0.25, 0.3) is 0 Å². The molecule has 94 valence electrons. The number of hydrogen-bond donors (Lipinski definition) is 0. The van der Waals surface area contributed by atoms with Gasteiger partial charge in [-0.1, -0.05) is 42.3 Å². The van der Waals surface area contributed by atoms with Gasteiger partial charge in [0.1, 0.15) is 11.4 Å². The van der Waals surface area contributed by atoms with E-state index in [1.165, 1.54) is 5.56 Å². The Balaban J connectivity index is 1.82. The summed E-state index contributed by atoms with van der Waals surface area (Å²) in [6, 6.07) is 15.7. The number of unbranched alkanes of at least 4 members (excludes halogenated alkanes) is 1. The van der Waals surface area contributed by atoms with Gasteiger partial charge in [-0.25, -0.2) is 4.98 Å². The second kappa shape index (κ2) is 7.13. The number of rotatable bonds is 4. The van der Waals surface area contributed by atoms with Crippen molar-refractivity contribution in [2.45, 2.75) is 19.3 Å². The van der Waals surface area contributed by atoms with Crippen LogP contribution in [0, 0.1) is 11.8 Å². The maximum atomic E-state index is 10.6. The van der Waals surface area contributed by atoms with Gasteiger partial charge in [0.05, 0.1) is 0 Å². The molecule has 1 aromatic heterocycles. The molecular formula is C17H15NO. The maximum Gasteiger partial charge on any atom is 0.168 e. The van der Waals surface area contributed by atoms with E-state index in [9.17, 15) is 4.79 Å². The van der Waals surface area contributed by atoms with Gasteiger partial charge in [-0.15, -0.1) is 0 Å². The molecule has 0 aliphatic rings. The van der Waals surface area contributed by atoms with Crippen LogP contribution in [0.3, 0.4) is 0 Å². The van der Waals surface area contributed by atoms with Gasteiger partial charge in [0.25, 0.3) is 0 Å². The second-order valence-electron chi connectivity index (χ2n) is 4.21. The van der Waals surface area contributed by atoms with Gasteiger partial charge >= 0.3 is 0 Å². The Morgan fingerprint density at radius 2 is 1.89 bits per heavy atom. The Bertz CT molecular complexity index is 593. The average molecular weight is 249 g/mol. The highest BCUT2D eigenvalue weighted by Crippen LogP contribution is 2.04. The van der Waals surface area contributed by atoms with E-state index in [-0.39, 0.29) is 0 Å². The number of nitrogens with zero attached hydrogens (tertiary/aromatic N) is 1. The second-order valence-corrected chi connectivity index (χ2v) is 4.21. The molecule has 2 aromatic rings. The van der Waals surface area contributed by atoms with Crippen molar-refractivity contribution in [2.24, 2.45) is 0 Å². The fraction of sp³-hybridized carbons (Fsp3) is 0.176. The summed E-state index contributed by atoms with van der Waals surface area (Å²) in [5.74, 6) is 6.08. The van der Waals surface area contributed by atoms with Crippen LogP contribution >= 0.6 is 0 Å². The van der Waals surface area contributed by atoms with Gasteiger partial charge in [-0.2, -0.15) is 0 Å². The molecule has 19 heavy (non-hydrogen) atoms. The number of aromatic nitrogens is 1. The predicted octanol–water partition coefficient (Wildman–Crippen LogP) is 3.27. The molecular weight excluding hydrogens is 234 g/mol. The first kappa shape index (κ1) is 13.0. The molecule has 0 unspecified atom stereocenters. The molecule has 2 heteroatoms. The first-order valence-corrected chi connectivity index (χ1v) is 6.33. The van der Waals surface area contributed by atoms with Gasteiger partial charge in [0.2, 0.25) is 0 Å². The van der Waals surface area contributed by atoms with Crippen molar-refractivity contribution in [1.29, 1.82) is 0 Å². The minimum atomic E-state index is 0.427. The molecule has 0 radical (unpaired) electrons. The summed E-state index contributed by atoms with van der Waals surface area (Å²) in [7, 11) is 0. The van der Waals surface area contributed by atoms with E-state index >= 15 is 0 Å². The lowest BCUT2D eigenvalue weighted by Gasteiger charge is -1.96. The van der Waals surface area contributed by atoms with Crippen LogP contribution in [0.5, 0.6) is 0 Å². The maximum absolute atomic E-state index is 10.6. The van der Waals surface area contributed by atoms with Gasteiger partial charge in [-0.05, 0) is 36.5 Å². The van der Waals surface area contributed by atoms with Gasteiger partial charge in [0, 0.05) is 6.42 Å². The normalized spacial score (nSPS) is 9.47. The Kier molecular flexibility index (Phi) is 4.89. The smallest absolute Gasteiger partial charge is 0.168 e. The van der Waals surface area contributed by atoms with Crippen LogP contribution in [-0.2, 0) is 6.42 Å². The zero-order valence-corrected chi connectivity index (χ0v) is 10.7. The molecule has 0 spiro atoms. The van der Waals surface area contributed by atoms with Crippen LogP contribution in [0.4, 0.5) is 0 Å². The fourth-order valence-electron chi connectivity index (χ4n) is 1.77. The van der Waals surface area contributed by atoms with Crippen LogP contribution in [0.2, 0.25) is 0 Å². The fourth-order valence-corrected chi connectivity index (χ4v) is 1.77. The highest BCUT2D eigenvalue weighted by molar-refractivity contribution is 5.71. The molecule has 1 heterocycles. The molecule has 0 aliphatic heterocycles. The zero-order valence-electron chi connectivity index (χ0n) is 10.7. The van der Waals surface area contributed by atoms with E-state index in [1.807, 2.05) is 12.1 Å². The molecule has 0 bridgehead atoms. The summed E-state index contributed by atoms with van der Waals surface area (Å²) >= 11 is 0. The third-order valence-electron chi connectivity index (χ3n) is 2.72. The van der Waals surface area contributed by atoms with E-state index in [0.29, 0.717) is 11.4 Å². The van der Waals surface area contributed by atoms with E-state index in [2.05, 4.69) is 41.1 Å². The number of pyridine rings is 1. The highest BCUT2D eigenvalue weighted by Gasteiger charge is 1.92. The highest BCUT2D eigenvalue weighted by atomic mass is 16.1. The molecule has 2 rings (SSSR count). The van der Waals surface area contributed by atoms with Crippen LogP contribution in [0.1, 0.15) is 34.6 Å². The largest absolute Gasteiger partial charge is 0.296 e. The van der Waals surface area contributed by atoms with Crippen LogP contribution in [0.15, 0.2) is 48.5 Å². The zero-order chi connectivity index (χ0) is 13.3. The molecule has 0 atom stereocenters. The number of aldehydes is 1. The van der Waals surface area contributed by atoms with E-state index < -0.39 is 0 Å². The lowest BCUT2D eigenvalue weighted by Crippen LogP contribution is -1.89. The van der Waals surface area contributed by atoms with Crippen molar-refractivity contribution in [3.05, 3.63) is 65.5 Å². The molecule has 0 saturated carbocycles.